The van der Waals surface area contributed by atoms with Crippen LogP contribution in [0.2, 0.25) is 0 Å². The van der Waals surface area contributed by atoms with Crippen LogP contribution in [0, 0.1) is 10.1 Å². The summed E-state index contributed by atoms with van der Waals surface area (Å²) in [7, 11) is 0. The van der Waals surface area contributed by atoms with Gasteiger partial charge in [0.2, 0.25) is 0 Å². The van der Waals surface area contributed by atoms with E-state index in [4.69, 9.17) is 0 Å². The summed E-state index contributed by atoms with van der Waals surface area (Å²) in [6, 6.07) is 11.2. The molecule has 5 nitrogen and oxygen atoms in total. The van der Waals surface area contributed by atoms with Crippen LogP contribution in [-0.2, 0) is 0 Å². The van der Waals surface area contributed by atoms with Gasteiger partial charge in [0.25, 0.3) is 5.69 Å². The average Bonchev–Trinajstić information content (AvgIpc) is 2.70. The molecular weight excluding hydrogens is 338 g/mol. The van der Waals surface area contributed by atoms with E-state index in [0.29, 0.717) is 16.7 Å². The Morgan fingerprint density at radius 2 is 1.95 bits per heavy atom. The van der Waals surface area contributed by atoms with Gasteiger partial charge in [-0.05, 0) is 29.3 Å². The zero-order chi connectivity index (χ0) is 15.1. The first kappa shape index (κ1) is 13.9. The van der Waals surface area contributed by atoms with Gasteiger partial charge in [-0.15, -0.1) is 0 Å². The van der Waals surface area contributed by atoms with Crippen LogP contribution < -0.4 is 0 Å². The SMILES string of the molecule is O=C1c2ccc(Br)cc2[C@@H](c2cccc([N+](=O)[O-])c2)[C@H]1O. The fourth-order valence-corrected chi connectivity index (χ4v) is 3.07. The van der Waals surface area contributed by atoms with Crippen molar-refractivity contribution in [1.82, 2.24) is 0 Å². The molecule has 0 fully saturated rings. The van der Waals surface area contributed by atoms with Crippen LogP contribution in [0.1, 0.15) is 27.4 Å². The summed E-state index contributed by atoms with van der Waals surface area (Å²) in [5.74, 6) is -0.932. The Balaban J connectivity index is 2.15. The van der Waals surface area contributed by atoms with Gasteiger partial charge in [-0.3, -0.25) is 14.9 Å². The molecule has 0 saturated carbocycles. The predicted octanol–water partition coefficient (Wildman–Crippen LogP) is 3.05. The van der Waals surface area contributed by atoms with Crippen LogP contribution in [0.4, 0.5) is 5.69 Å². The highest BCUT2D eigenvalue weighted by Gasteiger charge is 2.39. The Hall–Kier alpha value is -2.05. The molecule has 1 N–H and O–H groups in total. The lowest BCUT2D eigenvalue weighted by molar-refractivity contribution is -0.384. The topological polar surface area (TPSA) is 80.4 Å². The Labute approximate surface area is 128 Å². The molecule has 2 aromatic carbocycles. The third-order valence-corrected chi connectivity index (χ3v) is 4.13. The first-order valence-electron chi connectivity index (χ1n) is 6.25. The molecule has 2 atom stereocenters. The first-order valence-corrected chi connectivity index (χ1v) is 7.04. The van der Waals surface area contributed by atoms with Gasteiger partial charge in [-0.25, -0.2) is 0 Å². The molecule has 3 rings (SSSR count). The highest BCUT2D eigenvalue weighted by atomic mass is 79.9. The molecule has 1 aliphatic rings. The number of carbonyl (C=O) groups is 1. The number of nitro groups is 1. The number of halogens is 1. The summed E-state index contributed by atoms with van der Waals surface area (Å²) in [6.07, 6.45) is -1.21. The summed E-state index contributed by atoms with van der Waals surface area (Å²) in [5.41, 5.74) is 1.64. The van der Waals surface area contributed by atoms with Gasteiger partial charge in [0.1, 0.15) is 6.10 Å². The van der Waals surface area contributed by atoms with E-state index in [0.717, 1.165) is 4.47 Å². The standard InChI is InChI=1S/C15H10BrNO4/c16-9-4-5-11-12(7-9)13(15(19)14(11)18)8-2-1-3-10(6-8)17(20)21/h1-7,13,15,19H/t13-,15-/m1/s1. The maximum absolute atomic E-state index is 12.1. The zero-order valence-electron chi connectivity index (χ0n) is 10.7. The number of carbonyl (C=O) groups excluding carboxylic acids is 1. The molecule has 0 aromatic heterocycles. The van der Waals surface area contributed by atoms with Crippen LogP contribution >= 0.6 is 15.9 Å². The van der Waals surface area contributed by atoms with Crippen LogP contribution in [0.5, 0.6) is 0 Å². The van der Waals surface area contributed by atoms with Gasteiger partial charge >= 0.3 is 0 Å². The Bertz CT molecular complexity index is 759. The lowest BCUT2D eigenvalue weighted by Gasteiger charge is -2.15. The number of fused-ring (bicyclic) bond motifs is 1. The van der Waals surface area contributed by atoms with Crippen molar-refractivity contribution in [3.05, 3.63) is 73.7 Å². The van der Waals surface area contributed by atoms with Crippen LogP contribution in [0.3, 0.4) is 0 Å². The van der Waals surface area contributed by atoms with Crippen molar-refractivity contribution >= 4 is 27.4 Å². The molecule has 0 spiro atoms. The average molecular weight is 348 g/mol. The molecule has 0 saturated heterocycles. The van der Waals surface area contributed by atoms with Gasteiger partial charge < -0.3 is 5.11 Å². The smallest absolute Gasteiger partial charge is 0.269 e. The molecule has 2 aromatic rings. The molecule has 0 unspecified atom stereocenters. The molecule has 21 heavy (non-hydrogen) atoms. The van der Waals surface area contributed by atoms with Crippen molar-refractivity contribution in [1.29, 1.82) is 0 Å². The van der Waals surface area contributed by atoms with Gasteiger partial charge in [0, 0.05) is 28.1 Å². The first-order chi connectivity index (χ1) is 9.99. The Morgan fingerprint density at radius 1 is 1.19 bits per heavy atom. The maximum Gasteiger partial charge on any atom is 0.269 e. The normalized spacial score (nSPS) is 20.4. The number of hydrogen-bond acceptors (Lipinski definition) is 4. The van der Waals surface area contributed by atoms with E-state index in [-0.39, 0.29) is 11.5 Å². The number of rotatable bonds is 2. The van der Waals surface area contributed by atoms with E-state index in [2.05, 4.69) is 15.9 Å². The highest BCUT2D eigenvalue weighted by molar-refractivity contribution is 9.10. The van der Waals surface area contributed by atoms with Crippen molar-refractivity contribution in [2.24, 2.45) is 0 Å². The number of benzene rings is 2. The molecule has 0 radical (unpaired) electrons. The summed E-state index contributed by atoms with van der Waals surface area (Å²) >= 11 is 3.34. The fraction of sp³-hybridized carbons (Fsp3) is 0.133. The lowest BCUT2D eigenvalue weighted by Crippen LogP contribution is -2.20. The van der Waals surface area contributed by atoms with E-state index in [9.17, 15) is 20.0 Å². The lowest BCUT2D eigenvalue weighted by atomic mass is 9.91. The monoisotopic (exact) mass is 347 g/mol. The molecular formula is C15H10BrNO4. The fourth-order valence-electron chi connectivity index (χ4n) is 2.69. The van der Waals surface area contributed by atoms with Crippen LogP contribution in [0.25, 0.3) is 0 Å². The number of non-ortho nitro benzene ring substituents is 1. The molecule has 6 heteroatoms. The summed E-state index contributed by atoms with van der Waals surface area (Å²) < 4.78 is 0.790. The van der Waals surface area contributed by atoms with Crippen LogP contribution in [0.15, 0.2) is 46.9 Å². The van der Waals surface area contributed by atoms with E-state index < -0.39 is 16.9 Å². The maximum atomic E-state index is 12.1. The van der Waals surface area contributed by atoms with E-state index in [1.54, 1.807) is 30.3 Å². The zero-order valence-corrected chi connectivity index (χ0v) is 12.3. The van der Waals surface area contributed by atoms with Crippen molar-refractivity contribution < 1.29 is 14.8 Å². The number of nitrogens with zero attached hydrogens (tertiary/aromatic N) is 1. The van der Waals surface area contributed by atoms with Crippen LogP contribution in [-0.4, -0.2) is 21.9 Å². The molecule has 0 aliphatic heterocycles. The number of hydrogen-bond donors (Lipinski definition) is 1. The molecule has 1 aliphatic carbocycles. The minimum Gasteiger partial charge on any atom is -0.384 e. The van der Waals surface area contributed by atoms with E-state index in [1.165, 1.54) is 12.1 Å². The van der Waals surface area contributed by atoms with Crippen molar-refractivity contribution in [2.75, 3.05) is 0 Å². The number of ketones is 1. The summed E-state index contributed by atoms with van der Waals surface area (Å²) in [4.78, 5) is 22.5. The molecule has 0 amide bonds. The predicted molar refractivity (Wildman–Crippen MR) is 79.4 cm³/mol. The molecule has 106 valence electrons. The molecule has 0 heterocycles. The van der Waals surface area contributed by atoms with E-state index >= 15 is 0 Å². The summed E-state index contributed by atoms with van der Waals surface area (Å²) in [6.45, 7) is 0. The second-order valence-corrected chi connectivity index (χ2v) is 5.79. The Morgan fingerprint density at radius 3 is 2.67 bits per heavy atom. The van der Waals surface area contributed by atoms with Gasteiger partial charge in [0.05, 0.1) is 4.92 Å². The minimum absolute atomic E-state index is 0.0596. The van der Waals surface area contributed by atoms with Crippen molar-refractivity contribution in [2.45, 2.75) is 12.0 Å². The second kappa shape index (κ2) is 5.05. The van der Waals surface area contributed by atoms with Crippen molar-refractivity contribution in [3.8, 4) is 0 Å². The van der Waals surface area contributed by atoms with Gasteiger partial charge in [0.15, 0.2) is 5.78 Å². The van der Waals surface area contributed by atoms with Crippen molar-refractivity contribution in [3.63, 3.8) is 0 Å². The largest absolute Gasteiger partial charge is 0.384 e. The third-order valence-electron chi connectivity index (χ3n) is 3.64. The van der Waals surface area contributed by atoms with Gasteiger partial charge in [-0.2, -0.15) is 0 Å². The van der Waals surface area contributed by atoms with E-state index in [1.807, 2.05) is 0 Å². The Kier molecular flexibility index (Phi) is 3.35. The third kappa shape index (κ3) is 2.26. The number of Topliss-reactive ketones (excluding diaryl/α,β-unsaturated/α-hetero) is 1. The van der Waals surface area contributed by atoms with Gasteiger partial charge in [-0.1, -0.05) is 28.1 Å². The second-order valence-electron chi connectivity index (χ2n) is 4.87. The number of aliphatic hydroxyl groups excluding tert-OH is 1. The quantitative estimate of drug-likeness (QED) is 0.668. The minimum atomic E-state index is -1.21. The summed E-state index contributed by atoms with van der Waals surface area (Å²) in [5, 5.41) is 21.1. The highest BCUT2D eigenvalue weighted by Crippen LogP contribution is 2.40. The number of nitro benzene ring substituents is 1. The molecule has 0 bridgehead atoms. The number of aliphatic hydroxyl groups is 1.